The summed E-state index contributed by atoms with van der Waals surface area (Å²) in [5, 5.41) is 7.44. The molecule has 1 saturated heterocycles. The minimum Gasteiger partial charge on any atom is -0.316 e. The van der Waals surface area contributed by atoms with Crippen LogP contribution in [0.5, 0.6) is 0 Å². The van der Waals surface area contributed by atoms with Gasteiger partial charge in [-0.3, -0.25) is 0 Å². The lowest BCUT2D eigenvalue weighted by molar-refractivity contribution is 0.703. The highest BCUT2D eigenvalue weighted by Crippen LogP contribution is 2.14. The third-order valence-corrected chi connectivity index (χ3v) is 2.55. The number of hydrogen-bond donors (Lipinski definition) is 1. The molecule has 0 atom stereocenters. The molecule has 0 unspecified atom stereocenters. The Bertz CT molecular complexity index is 317. The van der Waals surface area contributed by atoms with Crippen molar-refractivity contribution in [2.45, 2.75) is 19.3 Å². The SMILES string of the molecule is Cn1ncnc1/C=C1/CCCNCC1. The standard InChI is InChI=1S/C10H16N4/c1-14-10(12-8-13-14)7-9-3-2-5-11-6-4-9/h7-8,11H,2-6H2,1H3/b9-7-. The van der Waals surface area contributed by atoms with Crippen LogP contribution < -0.4 is 5.32 Å². The minimum atomic E-state index is 0.960. The Morgan fingerprint density at radius 1 is 1.43 bits per heavy atom. The summed E-state index contributed by atoms with van der Waals surface area (Å²) in [5.41, 5.74) is 1.48. The average molecular weight is 192 g/mol. The van der Waals surface area contributed by atoms with Gasteiger partial charge in [0.2, 0.25) is 0 Å². The first-order chi connectivity index (χ1) is 6.86. The normalized spacial score (nSPS) is 21.1. The van der Waals surface area contributed by atoms with Gasteiger partial charge in [-0.15, -0.1) is 0 Å². The lowest BCUT2D eigenvalue weighted by Gasteiger charge is -2.01. The van der Waals surface area contributed by atoms with E-state index in [1.807, 2.05) is 11.7 Å². The van der Waals surface area contributed by atoms with Crippen LogP contribution in [0.25, 0.3) is 6.08 Å². The van der Waals surface area contributed by atoms with E-state index in [1.165, 1.54) is 18.4 Å². The molecule has 0 amide bonds. The van der Waals surface area contributed by atoms with E-state index in [9.17, 15) is 0 Å². The van der Waals surface area contributed by atoms with E-state index < -0.39 is 0 Å². The summed E-state index contributed by atoms with van der Waals surface area (Å²) in [5.74, 6) is 0.960. The summed E-state index contributed by atoms with van der Waals surface area (Å²) >= 11 is 0. The van der Waals surface area contributed by atoms with Gasteiger partial charge >= 0.3 is 0 Å². The van der Waals surface area contributed by atoms with Crippen LogP contribution in [0.4, 0.5) is 0 Å². The molecule has 4 nitrogen and oxygen atoms in total. The molecule has 1 aliphatic rings. The van der Waals surface area contributed by atoms with Crippen molar-refractivity contribution in [2.24, 2.45) is 7.05 Å². The molecule has 1 aromatic rings. The van der Waals surface area contributed by atoms with Crippen molar-refractivity contribution in [3.8, 4) is 0 Å². The number of nitrogens with one attached hydrogen (secondary N) is 1. The maximum atomic E-state index is 4.20. The van der Waals surface area contributed by atoms with E-state index in [-0.39, 0.29) is 0 Å². The Labute approximate surface area is 84.0 Å². The van der Waals surface area contributed by atoms with E-state index in [1.54, 1.807) is 6.33 Å². The quantitative estimate of drug-likeness (QED) is 0.721. The van der Waals surface area contributed by atoms with Crippen LogP contribution in [-0.2, 0) is 7.05 Å². The predicted molar refractivity (Wildman–Crippen MR) is 55.7 cm³/mol. The highest BCUT2D eigenvalue weighted by Gasteiger charge is 2.05. The molecule has 1 N–H and O–H groups in total. The fourth-order valence-electron chi connectivity index (χ4n) is 1.70. The zero-order chi connectivity index (χ0) is 9.80. The van der Waals surface area contributed by atoms with Gasteiger partial charge in [0.1, 0.15) is 12.2 Å². The summed E-state index contributed by atoms with van der Waals surface area (Å²) in [6.07, 6.45) is 7.30. The van der Waals surface area contributed by atoms with Crippen LogP contribution in [-0.4, -0.2) is 27.9 Å². The lowest BCUT2D eigenvalue weighted by atomic mass is 10.1. The summed E-state index contributed by atoms with van der Waals surface area (Å²) in [6.45, 7) is 2.22. The Hall–Kier alpha value is -1.16. The zero-order valence-corrected chi connectivity index (χ0v) is 8.53. The summed E-state index contributed by atoms with van der Waals surface area (Å²) in [6, 6.07) is 0. The molecule has 76 valence electrons. The Morgan fingerprint density at radius 3 is 3.14 bits per heavy atom. The zero-order valence-electron chi connectivity index (χ0n) is 8.53. The van der Waals surface area contributed by atoms with Crippen molar-refractivity contribution >= 4 is 6.08 Å². The van der Waals surface area contributed by atoms with Crippen molar-refractivity contribution in [1.29, 1.82) is 0 Å². The third-order valence-electron chi connectivity index (χ3n) is 2.55. The number of rotatable bonds is 1. The number of hydrogen-bond acceptors (Lipinski definition) is 3. The summed E-state index contributed by atoms with van der Waals surface area (Å²) < 4.78 is 1.81. The van der Waals surface area contributed by atoms with Gasteiger partial charge in [0, 0.05) is 7.05 Å². The third kappa shape index (κ3) is 2.20. The fraction of sp³-hybridized carbons (Fsp3) is 0.600. The monoisotopic (exact) mass is 192 g/mol. The maximum absolute atomic E-state index is 4.20. The second-order valence-electron chi connectivity index (χ2n) is 3.65. The summed E-state index contributed by atoms with van der Waals surface area (Å²) in [4.78, 5) is 4.20. The average Bonchev–Trinajstić information content (AvgIpc) is 2.44. The molecule has 0 radical (unpaired) electrons. The van der Waals surface area contributed by atoms with Crippen molar-refractivity contribution in [1.82, 2.24) is 20.1 Å². The molecule has 1 aliphatic heterocycles. The van der Waals surface area contributed by atoms with Crippen molar-refractivity contribution < 1.29 is 0 Å². The van der Waals surface area contributed by atoms with Gasteiger partial charge in [0.15, 0.2) is 0 Å². The van der Waals surface area contributed by atoms with E-state index in [2.05, 4.69) is 21.5 Å². The minimum absolute atomic E-state index is 0.960. The number of nitrogens with zero attached hydrogens (tertiary/aromatic N) is 3. The molecule has 2 rings (SSSR count). The van der Waals surface area contributed by atoms with Gasteiger partial charge in [0.05, 0.1) is 0 Å². The van der Waals surface area contributed by atoms with E-state index in [4.69, 9.17) is 0 Å². The predicted octanol–water partition coefficient (Wildman–Crippen LogP) is 0.972. The lowest BCUT2D eigenvalue weighted by Crippen LogP contribution is -2.13. The molecule has 0 saturated carbocycles. The van der Waals surface area contributed by atoms with Crippen LogP contribution in [0.15, 0.2) is 11.9 Å². The smallest absolute Gasteiger partial charge is 0.150 e. The molecule has 2 heterocycles. The molecule has 0 spiro atoms. The molecule has 0 aliphatic carbocycles. The highest BCUT2D eigenvalue weighted by atomic mass is 15.3. The topological polar surface area (TPSA) is 42.7 Å². The maximum Gasteiger partial charge on any atom is 0.150 e. The molecular weight excluding hydrogens is 176 g/mol. The summed E-state index contributed by atoms with van der Waals surface area (Å²) in [7, 11) is 1.92. The van der Waals surface area contributed by atoms with Crippen molar-refractivity contribution in [2.75, 3.05) is 13.1 Å². The van der Waals surface area contributed by atoms with Gasteiger partial charge in [-0.1, -0.05) is 5.57 Å². The first kappa shape index (κ1) is 9.40. The molecule has 4 heteroatoms. The molecular formula is C10H16N4. The van der Waals surface area contributed by atoms with Gasteiger partial charge in [0.25, 0.3) is 0 Å². The fourth-order valence-corrected chi connectivity index (χ4v) is 1.70. The second-order valence-corrected chi connectivity index (χ2v) is 3.65. The molecule has 0 aromatic carbocycles. The van der Waals surface area contributed by atoms with Crippen molar-refractivity contribution in [3.05, 3.63) is 17.7 Å². The van der Waals surface area contributed by atoms with Crippen LogP contribution >= 0.6 is 0 Å². The largest absolute Gasteiger partial charge is 0.316 e. The van der Waals surface area contributed by atoms with Crippen LogP contribution in [0, 0.1) is 0 Å². The highest BCUT2D eigenvalue weighted by molar-refractivity contribution is 5.45. The number of aryl methyl sites for hydroxylation is 1. The first-order valence-electron chi connectivity index (χ1n) is 5.10. The molecule has 1 fully saturated rings. The van der Waals surface area contributed by atoms with Crippen LogP contribution in [0.2, 0.25) is 0 Å². The first-order valence-corrected chi connectivity index (χ1v) is 5.10. The Kier molecular flexibility index (Phi) is 2.93. The second kappa shape index (κ2) is 4.37. The number of aromatic nitrogens is 3. The Morgan fingerprint density at radius 2 is 2.36 bits per heavy atom. The Balaban J connectivity index is 2.12. The van der Waals surface area contributed by atoms with E-state index in [0.717, 1.165) is 25.3 Å². The van der Waals surface area contributed by atoms with Gasteiger partial charge in [-0.05, 0) is 38.4 Å². The van der Waals surface area contributed by atoms with Crippen molar-refractivity contribution in [3.63, 3.8) is 0 Å². The van der Waals surface area contributed by atoms with Gasteiger partial charge in [-0.2, -0.15) is 5.10 Å². The molecule has 14 heavy (non-hydrogen) atoms. The van der Waals surface area contributed by atoms with E-state index >= 15 is 0 Å². The molecule has 0 bridgehead atoms. The van der Waals surface area contributed by atoms with Crippen LogP contribution in [0.3, 0.4) is 0 Å². The van der Waals surface area contributed by atoms with Gasteiger partial charge < -0.3 is 5.32 Å². The molecule has 1 aromatic heterocycles. The van der Waals surface area contributed by atoms with E-state index in [0.29, 0.717) is 0 Å². The van der Waals surface area contributed by atoms with Gasteiger partial charge in [-0.25, -0.2) is 9.67 Å². The van der Waals surface area contributed by atoms with Crippen LogP contribution in [0.1, 0.15) is 25.1 Å².